The number of amides is 2. The van der Waals surface area contributed by atoms with E-state index in [1.807, 2.05) is 26.8 Å². The molecule has 0 saturated heterocycles. The maximum absolute atomic E-state index is 14.0. The molecule has 0 atom stereocenters. The molecule has 0 aromatic carbocycles. The van der Waals surface area contributed by atoms with Crippen LogP contribution >= 0.6 is 0 Å². The molecule has 10 nitrogen and oxygen atoms in total. The first kappa shape index (κ1) is 35.9. The van der Waals surface area contributed by atoms with Crippen LogP contribution in [0.3, 0.4) is 0 Å². The zero-order valence-electron chi connectivity index (χ0n) is 28.0. The van der Waals surface area contributed by atoms with Crippen LogP contribution in [0.1, 0.15) is 80.1 Å². The summed E-state index contributed by atoms with van der Waals surface area (Å²) in [6.45, 7) is 8.78. The number of esters is 2. The number of nitrogens with zero attached hydrogens (tertiary/aromatic N) is 1. The number of methoxy groups -OCH3 is 2. The van der Waals surface area contributed by atoms with Gasteiger partial charge in [0.2, 0.25) is 0 Å². The number of hydrogen-bond acceptors (Lipinski definition) is 6. The van der Waals surface area contributed by atoms with Gasteiger partial charge in [0.25, 0.3) is 11.8 Å². The van der Waals surface area contributed by atoms with E-state index in [1.54, 1.807) is 13.0 Å². The largest absolute Gasteiger partial charge is 0.469 e. The second-order valence-electron chi connectivity index (χ2n) is 11.5. The van der Waals surface area contributed by atoms with Crippen molar-refractivity contribution >= 4 is 47.7 Å². The van der Waals surface area contributed by atoms with E-state index in [0.717, 1.165) is 22.3 Å². The number of hydrogen-bond donors (Lipinski definition) is 3. The van der Waals surface area contributed by atoms with E-state index in [2.05, 4.69) is 20.3 Å². The van der Waals surface area contributed by atoms with E-state index in [4.69, 9.17) is 9.47 Å². The number of aromatic nitrogens is 2. The van der Waals surface area contributed by atoms with Crippen molar-refractivity contribution < 1.29 is 41.8 Å². The summed E-state index contributed by atoms with van der Waals surface area (Å²) in [7, 11) is 2.59. The molecule has 4 heterocycles. The number of allylic oxidation sites excluding steroid dienone is 2. The molecule has 0 unspecified atom stereocenters. The Hall–Kier alpha value is -4.94. The normalized spacial score (nSPS) is 16.9. The number of aromatic amines is 2. The molecule has 48 heavy (non-hydrogen) atoms. The van der Waals surface area contributed by atoms with Crippen LogP contribution in [0.5, 0.6) is 0 Å². The zero-order valence-corrected chi connectivity index (χ0v) is 28.0. The molecule has 0 fully saturated rings. The second-order valence-corrected chi connectivity index (χ2v) is 11.5. The van der Waals surface area contributed by atoms with Crippen molar-refractivity contribution in [2.24, 2.45) is 4.99 Å². The quantitative estimate of drug-likeness (QED) is 0.306. The molecular formula is C35H39F3N4O6. The van der Waals surface area contributed by atoms with Crippen molar-refractivity contribution in [1.29, 1.82) is 0 Å². The lowest BCUT2D eigenvalue weighted by Crippen LogP contribution is -2.18. The monoisotopic (exact) mass is 668 g/mol. The Morgan fingerprint density at radius 2 is 1.44 bits per heavy atom. The third-order valence-corrected chi connectivity index (χ3v) is 8.76. The minimum absolute atomic E-state index is 0.0616. The molecule has 3 N–H and O–H groups in total. The summed E-state index contributed by atoms with van der Waals surface area (Å²) in [4.78, 5) is 59.7. The number of aliphatic imine (C=N–C) groups is 1. The number of carbonyl (C=O) groups excluding carboxylic acids is 4. The number of rotatable bonds is 11. The predicted octanol–water partition coefficient (Wildman–Crippen LogP) is 4.23. The summed E-state index contributed by atoms with van der Waals surface area (Å²) in [5.74, 6) is -1.99. The SMILES string of the molecule is CCC1=C(C(F)(F)F)/C(=C/c2[nH]c(/C=c3/[nH]/c(=C\C4=NC(=O)C(C)=C4CCC(=O)OC)c(CCC(=O)OC)c3C)c(C)c2CC)NC1=O. The first-order valence-electron chi connectivity index (χ1n) is 15.6. The van der Waals surface area contributed by atoms with Crippen LogP contribution in [0.2, 0.25) is 0 Å². The highest BCUT2D eigenvalue weighted by atomic mass is 19.4. The predicted molar refractivity (Wildman–Crippen MR) is 174 cm³/mol. The van der Waals surface area contributed by atoms with Crippen molar-refractivity contribution in [3.8, 4) is 0 Å². The summed E-state index contributed by atoms with van der Waals surface area (Å²) in [6, 6.07) is 0. The van der Waals surface area contributed by atoms with E-state index < -0.39 is 35.5 Å². The van der Waals surface area contributed by atoms with Crippen LogP contribution in [0.15, 0.2) is 33.0 Å². The number of halogens is 3. The third kappa shape index (κ3) is 7.29. The minimum atomic E-state index is -4.71. The minimum Gasteiger partial charge on any atom is -0.469 e. The van der Waals surface area contributed by atoms with Crippen LogP contribution in [0.4, 0.5) is 13.2 Å². The zero-order chi connectivity index (χ0) is 35.5. The van der Waals surface area contributed by atoms with Crippen molar-refractivity contribution in [1.82, 2.24) is 15.3 Å². The van der Waals surface area contributed by atoms with Gasteiger partial charge in [0.15, 0.2) is 0 Å². The van der Waals surface area contributed by atoms with Gasteiger partial charge in [0, 0.05) is 46.1 Å². The van der Waals surface area contributed by atoms with Crippen LogP contribution < -0.4 is 16.0 Å². The standard InChI is InChI=1S/C35H39F3N4O6/c1-8-20-17(3)24(39-26(20)16-29-32(35(36,37)38)21(9-2)34(46)42-29)14-25-18(4)22(10-12-30(43)47-6)27(40-25)15-28-23(11-13-31(44)48-7)19(5)33(45)41-28/h14-16,39-40H,8-13H2,1-7H3,(H,42,46)/b25-14+,27-15-,29-16-. The fourth-order valence-electron chi connectivity index (χ4n) is 6.08. The molecule has 4 rings (SSSR count). The summed E-state index contributed by atoms with van der Waals surface area (Å²) >= 11 is 0. The van der Waals surface area contributed by atoms with Gasteiger partial charge in [-0.15, -0.1) is 0 Å². The van der Waals surface area contributed by atoms with Gasteiger partial charge in [-0.2, -0.15) is 13.2 Å². The first-order chi connectivity index (χ1) is 22.6. The fraction of sp³-hybridized carbons (Fsp3) is 0.400. The molecule has 2 aromatic heterocycles. The summed E-state index contributed by atoms with van der Waals surface area (Å²) in [5.41, 5.74) is 4.12. The topological polar surface area (TPSA) is 143 Å². The third-order valence-electron chi connectivity index (χ3n) is 8.76. The Morgan fingerprint density at radius 3 is 2.02 bits per heavy atom. The Kier molecular flexibility index (Phi) is 10.8. The van der Waals surface area contributed by atoms with Gasteiger partial charge < -0.3 is 24.8 Å². The van der Waals surface area contributed by atoms with Gasteiger partial charge in [-0.25, -0.2) is 4.99 Å². The lowest BCUT2D eigenvalue weighted by Gasteiger charge is -2.11. The number of carbonyl (C=O) groups is 4. The highest BCUT2D eigenvalue weighted by Gasteiger charge is 2.44. The lowest BCUT2D eigenvalue weighted by molar-refractivity contribution is -0.141. The van der Waals surface area contributed by atoms with Crippen LogP contribution in [0, 0.1) is 13.8 Å². The van der Waals surface area contributed by atoms with Crippen molar-refractivity contribution in [2.75, 3.05) is 14.2 Å². The van der Waals surface area contributed by atoms with Gasteiger partial charge in [-0.3, -0.25) is 19.2 Å². The Bertz CT molecular complexity index is 1940. The van der Waals surface area contributed by atoms with Crippen molar-refractivity contribution in [3.63, 3.8) is 0 Å². The first-order valence-corrected chi connectivity index (χ1v) is 15.6. The molecule has 13 heteroatoms. The number of nitrogens with one attached hydrogen (secondary N) is 3. The molecule has 0 saturated carbocycles. The van der Waals surface area contributed by atoms with Gasteiger partial charge >= 0.3 is 18.1 Å². The van der Waals surface area contributed by atoms with Gasteiger partial charge in [0.1, 0.15) is 0 Å². The maximum atomic E-state index is 14.0. The molecule has 0 spiro atoms. The van der Waals surface area contributed by atoms with E-state index in [9.17, 15) is 32.3 Å². The molecule has 0 radical (unpaired) electrons. The Balaban J connectivity index is 1.86. The summed E-state index contributed by atoms with van der Waals surface area (Å²) in [6.07, 6.45) is 1.32. The molecule has 256 valence electrons. The molecule has 2 amide bonds. The van der Waals surface area contributed by atoms with E-state index >= 15 is 0 Å². The van der Waals surface area contributed by atoms with Crippen LogP contribution in [-0.2, 0) is 41.5 Å². The van der Waals surface area contributed by atoms with Gasteiger partial charge in [-0.05, 0) is 92.5 Å². The Morgan fingerprint density at radius 1 is 0.792 bits per heavy atom. The number of ether oxygens (including phenoxy) is 2. The van der Waals surface area contributed by atoms with E-state index in [0.29, 0.717) is 51.8 Å². The smallest absolute Gasteiger partial charge is 0.418 e. The number of H-pyrrole nitrogens is 2. The Labute approximate surface area is 275 Å². The van der Waals surface area contributed by atoms with Crippen molar-refractivity contribution in [3.05, 3.63) is 72.3 Å². The van der Waals surface area contributed by atoms with Crippen LogP contribution in [0.25, 0.3) is 18.2 Å². The molecule has 0 bridgehead atoms. The van der Waals surface area contributed by atoms with Gasteiger partial charge in [0.05, 0.1) is 31.2 Å². The van der Waals surface area contributed by atoms with Crippen LogP contribution in [-0.4, -0.2) is 59.8 Å². The molecule has 2 aromatic rings. The maximum Gasteiger partial charge on any atom is 0.418 e. The van der Waals surface area contributed by atoms with Gasteiger partial charge in [-0.1, -0.05) is 13.8 Å². The second kappa shape index (κ2) is 14.4. The average Bonchev–Trinajstić information content (AvgIpc) is 3.70. The van der Waals surface area contributed by atoms with E-state index in [1.165, 1.54) is 27.2 Å². The summed E-state index contributed by atoms with van der Waals surface area (Å²) < 4.78 is 51.6. The molecule has 2 aliphatic rings. The lowest BCUT2D eigenvalue weighted by atomic mass is 10.00. The molecule has 2 aliphatic heterocycles. The highest BCUT2D eigenvalue weighted by molar-refractivity contribution is 6.31. The highest BCUT2D eigenvalue weighted by Crippen LogP contribution is 2.38. The summed E-state index contributed by atoms with van der Waals surface area (Å²) in [5, 5.41) is 3.64. The van der Waals surface area contributed by atoms with Crippen molar-refractivity contribution in [2.45, 2.75) is 79.3 Å². The molecule has 0 aliphatic carbocycles. The van der Waals surface area contributed by atoms with E-state index in [-0.39, 0.29) is 37.0 Å². The number of alkyl halides is 3. The average molecular weight is 669 g/mol. The fourth-order valence-corrected chi connectivity index (χ4v) is 6.08. The molecular weight excluding hydrogens is 629 g/mol.